The zero-order chi connectivity index (χ0) is 28.2. The molecule has 3 aromatic carbocycles. The molecule has 1 aliphatic heterocycles. The van der Waals surface area contributed by atoms with Gasteiger partial charge in [0.15, 0.2) is 0 Å². The molecular weight excluding hydrogens is 511 g/mol. The van der Waals surface area contributed by atoms with Gasteiger partial charge in [0.25, 0.3) is 5.91 Å². The van der Waals surface area contributed by atoms with Gasteiger partial charge in [-0.05, 0) is 73.5 Å². The van der Waals surface area contributed by atoms with Crippen LogP contribution in [0.4, 0.5) is 14.9 Å². The van der Waals surface area contributed by atoms with Crippen LogP contribution in [0.25, 0.3) is 11.8 Å². The second-order valence-electron chi connectivity index (χ2n) is 9.34. The molecule has 4 amide bonds. The second kappa shape index (κ2) is 11.3. The first kappa shape index (κ1) is 26.4. The molecule has 1 aromatic heterocycles. The monoisotopic (exact) mass is 538 g/mol. The molecule has 0 aliphatic carbocycles. The summed E-state index contributed by atoms with van der Waals surface area (Å²) in [5, 5.41) is 4.91. The van der Waals surface area contributed by atoms with E-state index in [0.717, 1.165) is 38.9 Å². The van der Waals surface area contributed by atoms with Crippen molar-refractivity contribution in [1.29, 1.82) is 0 Å². The van der Waals surface area contributed by atoms with Gasteiger partial charge in [0, 0.05) is 17.1 Å². The van der Waals surface area contributed by atoms with E-state index in [1.165, 1.54) is 18.2 Å². The van der Waals surface area contributed by atoms with Crippen LogP contribution in [-0.2, 0) is 16.2 Å². The highest BCUT2D eigenvalue weighted by Gasteiger charge is 2.35. The number of aryl methyl sites for hydroxylation is 1. The fourth-order valence-electron chi connectivity index (χ4n) is 4.53. The van der Waals surface area contributed by atoms with Crippen molar-refractivity contribution in [2.24, 2.45) is 0 Å². The van der Waals surface area contributed by atoms with E-state index >= 15 is 0 Å². The van der Waals surface area contributed by atoms with Crippen LogP contribution in [0.5, 0.6) is 5.75 Å². The molecule has 5 rings (SSSR count). The lowest BCUT2D eigenvalue weighted by Crippen LogP contribution is -2.38. The number of hydrogen-bond acceptors (Lipinski definition) is 4. The topological polar surface area (TPSA) is 92.7 Å². The first-order valence-electron chi connectivity index (χ1n) is 12.6. The Morgan fingerprint density at radius 3 is 2.40 bits per heavy atom. The van der Waals surface area contributed by atoms with E-state index in [-0.39, 0.29) is 11.4 Å². The Morgan fingerprint density at radius 2 is 1.68 bits per heavy atom. The van der Waals surface area contributed by atoms with Gasteiger partial charge in [0.1, 0.15) is 30.4 Å². The van der Waals surface area contributed by atoms with Gasteiger partial charge in [0.05, 0.1) is 5.69 Å². The summed E-state index contributed by atoms with van der Waals surface area (Å²) in [5.41, 5.74) is 4.55. The number of halogens is 1. The van der Waals surface area contributed by atoms with Crippen LogP contribution in [0, 0.1) is 19.7 Å². The van der Waals surface area contributed by atoms with Crippen LogP contribution >= 0.6 is 0 Å². The summed E-state index contributed by atoms with van der Waals surface area (Å²) < 4.78 is 21.8. The number of aromatic nitrogens is 1. The molecule has 8 nitrogen and oxygen atoms in total. The Hall–Kier alpha value is -5.18. The molecule has 0 unspecified atom stereocenters. The molecular formula is C31H27FN4O4. The third-order valence-corrected chi connectivity index (χ3v) is 6.53. The van der Waals surface area contributed by atoms with Gasteiger partial charge in [-0.15, -0.1) is 0 Å². The highest BCUT2D eigenvalue weighted by atomic mass is 19.1. The summed E-state index contributed by atoms with van der Waals surface area (Å²) in [5.74, 6) is -1.20. The Labute approximate surface area is 230 Å². The summed E-state index contributed by atoms with van der Waals surface area (Å²) in [4.78, 5) is 38.6. The normalized spacial score (nSPS) is 14.0. The number of nitrogens with one attached hydrogen (secondary N) is 2. The molecule has 2 N–H and O–H groups in total. The lowest BCUT2D eigenvalue weighted by Gasteiger charge is -2.12. The molecule has 9 heteroatoms. The number of carbonyl (C=O) groups excluding carboxylic acids is 3. The van der Waals surface area contributed by atoms with E-state index in [9.17, 15) is 18.8 Å². The van der Waals surface area contributed by atoms with Crippen LogP contribution in [0.2, 0.25) is 0 Å². The van der Waals surface area contributed by atoms with Crippen LogP contribution < -0.4 is 15.4 Å². The van der Waals surface area contributed by atoms with E-state index in [0.29, 0.717) is 6.61 Å². The minimum Gasteiger partial charge on any atom is -0.489 e. The number of ether oxygens (including phenoxy) is 1. The van der Waals surface area contributed by atoms with Crippen LogP contribution in [-0.4, -0.2) is 33.9 Å². The number of rotatable bonds is 8. The van der Waals surface area contributed by atoms with E-state index in [1.807, 2.05) is 79.1 Å². The standard InChI is InChI=1S/C31H27FN4O4/c1-20-16-23(21(2)36(20)24-12-14-25(15-13-24)40-19-22-8-4-3-5-9-22)17-28-30(38)35(31(39)34-28)18-29(37)33-27-11-7-6-10-26(27)32/h3-17H,18-19H2,1-2H3,(H,33,37)(H,34,39)/b28-17+. The van der Waals surface area contributed by atoms with Crippen LogP contribution in [0.1, 0.15) is 22.5 Å². The van der Waals surface area contributed by atoms with Crippen molar-refractivity contribution < 1.29 is 23.5 Å². The van der Waals surface area contributed by atoms with Gasteiger partial charge in [-0.25, -0.2) is 14.1 Å². The highest BCUT2D eigenvalue weighted by Crippen LogP contribution is 2.26. The SMILES string of the molecule is Cc1cc(/C=C2/NC(=O)N(CC(=O)Nc3ccccc3F)C2=O)c(C)n1-c1ccc(OCc2ccccc2)cc1. The molecule has 1 saturated heterocycles. The molecule has 0 spiro atoms. The summed E-state index contributed by atoms with van der Waals surface area (Å²) in [6.45, 7) is 3.79. The van der Waals surface area contributed by atoms with E-state index < -0.39 is 30.2 Å². The average Bonchev–Trinajstić information content (AvgIpc) is 3.38. The van der Waals surface area contributed by atoms with Gasteiger partial charge >= 0.3 is 6.03 Å². The summed E-state index contributed by atoms with van der Waals surface area (Å²) >= 11 is 0. The van der Waals surface area contributed by atoms with E-state index in [1.54, 1.807) is 12.1 Å². The van der Waals surface area contributed by atoms with Crippen molar-refractivity contribution >= 4 is 29.6 Å². The maximum absolute atomic E-state index is 13.8. The predicted molar refractivity (Wildman–Crippen MR) is 149 cm³/mol. The van der Waals surface area contributed by atoms with Gasteiger partial charge < -0.3 is 19.9 Å². The predicted octanol–water partition coefficient (Wildman–Crippen LogP) is 5.34. The van der Waals surface area contributed by atoms with Crippen LogP contribution in [0.3, 0.4) is 0 Å². The molecule has 4 aromatic rings. The van der Waals surface area contributed by atoms with Crippen molar-refractivity contribution in [2.75, 3.05) is 11.9 Å². The fourth-order valence-corrected chi connectivity index (χ4v) is 4.53. The quantitative estimate of drug-likeness (QED) is 0.234. The molecule has 1 aliphatic rings. The fraction of sp³-hybridized carbons (Fsp3) is 0.129. The second-order valence-corrected chi connectivity index (χ2v) is 9.34. The number of imide groups is 1. The van der Waals surface area contributed by atoms with Gasteiger partial charge in [-0.3, -0.25) is 9.59 Å². The van der Waals surface area contributed by atoms with Crippen molar-refractivity contribution in [3.63, 3.8) is 0 Å². The van der Waals surface area contributed by atoms with Crippen molar-refractivity contribution in [3.05, 3.63) is 119 Å². The minimum absolute atomic E-state index is 0.0291. The Morgan fingerprint density at radius 1 is 0.975 bits per heavy atom. The molecule has 1 fully saturated rings. The third-order valence-electron chi connectivity index (χ3n) is 6.53. The average molecular weight is 539 g/mol. The van der Waals surface area contributed by atoms with Gasteiger partial charge in [0.2, 0.25) is 5.91 Å². The number of anilines is 1. The maximum Gasteiger partial charge on any atom is 0.329 e. The largest absolute Gasteiger partial charge is 0.489 e. The first-order valence-corrected chi connectivity index (χ1v) is 12.6. The third kappa shape index (κ3) is 5.63. The number of nitrogens with zero attached hydrogens (tertiary/aromatic N) is 2. The smallest absolute Gasteiger partial charge is 0.329 e. The van der Waals surface area contributed by atoms with E-state index in [4.69, 9.17) is 4.74 Å². The molecule has 0 saturated carbocycles. The zero-order valence-corrected chi connectivity index (χ0v) is 22.0. The van der Waals surface area contributed by atoms with Crippen molar-refractivity contribution in [3.8, 4) is 11.4 Å². The minimum atomic E-state index is -0.722. The Bertz CT molecular complexity index is 1610. The molecule has 0 bridgehead atoms. The van der Waals surface area contributed by atoms with Crippen molar-refractivity contribution in [2.45, 2.75) is 20.5 Å². The zero-order valence-electron chi connectivity index (χ0n) is 22.0. The van der Waals surface area contributed by atoms with E-state index in [2.05, 4.69) is 10.6 Å². The highest BCUT2D eigenvalue weighted by molar-refractivity contribution is 6.16. The first-order chi connectivity index (χ1) is 19.3. The summed E-state index contributed by atoms with van der Waals surface area (Å²) in [7, 11) is 0. The summed E-state index contributed by atoms with van der Waals surface area (Å²) in [6, 6.07) is 24.5. The van der Waals surface area contributed by atoms with Crippen LogP contribution in [0.15, 0.2) is 90.6 Å². The summed E-state index contributed by atoms with van der Waals surface area (Å²) in [6.07, 6.45) is 1.59. The Balaban J connectivity index is 1.28. The number of hydrogen-bond donors (Lipinski definition) is 2. The number of benzene rings is 3. The maximum atomic E-state index is 13.8. The molecule has 0 radical (unpaired) electrons. The van der Waals surface area contributed by atoms with Crippen molar-refractivity contribution in [1.82, 2.24) is 14.8 Å². The molecule has 0 atom stereocenters. The molecule has 2 heterocycles. The number of carbonyl (C=O) groups is 3. The van der Waals surface area contributed by atoms with Gasteiger partial charge in [-0.2, -0.15) is 0 Å². The lowest BCUT2D eigenvalue weighted by atomic mass is 10.2. The number of para-hydroxylation sites is 1. The Kier molecular flexibility index (Phi) is 7.46. The number of urea groups is 1. The lowest BCUT2D eigenvalue weighted by molar-refractivity contribution is -0.127. The van der Waals surface area contributed by atoms with Gasteiger partial charge in [-0.1, -0.05) is 42.5 Å². The number of amides is 4. The molecule has 202 valence electrons. The molecule has 40 heavy (non-hydrogen) atoms.